The molecule has 1 saturated heterocycles. The third-order valence-electron chi connectivity index (χ3n) is 5.15. The molecule has 8 nitrogen and oxygen atoms in total. The standard InChI is InChI=1S/C21H32N6O2.HI/c1-22-21(23-8-5-6-16-13-24-26(2)14-16)25-17-7-9-27(15-17)18-10-19(28-3)12-20(11-18)29-4;/h10-14,17H,5-9,15H2,1-4H3,(H2,22,23,25);1H. The number of guanidine groups is 1. The lowest BCUT2D eigenvalue weighted by atomic mass is 10.2. The molecule has 2 N–H and O–H groups in total. The highest BCUT2D eigenvalue weighted by molar-refractivity contribution is 14.0. The number of halogens is 1. The van der Waals surface area contributed by atoms with Gasteiger partial charge >= 0.3 is 0 Å². The van der Waals surface area contributed by atoms with Crippen LogP contribution >= 0.6 is 24.0 Å². The van der Waals surface area contributed by atoms with Crippen molar-refractivity contribution in [3.63, 3.8) is 0 Å². The molecule has 1 aliphatic rings. The summed E-state index contributed by atoms with van der Waals surface area (Å²) in [6, 6.07) is 6.34. The first-order valence-electron chi connectivity index (χ1n) is 10.0. The first kappa shape index (κ1) is 24.1. The first-order chi connectivity index (χ1) is 14.1. The van der Waals surface area contributed by atoms with Gasteiger partial charge in [-0.3, -0.25) is 9.67 Å². The molecule has 1 aromatic carbocycles. The molecule has 3 rings (SSSR count). The summed E-state index contributed by atoms with van der Waals surface area (Å²) in [7, 11) is 7.11. The third kappa shape index (κ3) is 6.68. The van der Waals surface area contributed by atoms with Gasteiger partial charge in [-0.05, 0) is 24.8 Å². The monoisotopic (exact) mass is 528 g/mol. The Morgan fingerprint density at radius 3 is 2.57 bits per heavy atom. The maximum Gasteiger partial charge on any atom is 0.191 e. The van der Waals surface area contributed by atoms with Crippen molar-refractivity contribution in [1.29, 1.82) is 0 Å². The highest BCUT2D eigenvalue weighted by Gasteiger charge is 2.24. The molecule has 1 atom stereocenters. The van der Waals surface area contributed by atoms with Gasteiger partial charge in [-0.25, -0.2) is 0 Å². The summed E-state index contributed by atoms with van der Waals surface area (Å²) < 4.78 is 12.6. The van der Waals surface area contributed by atoms with Crippen molar-refractivity contribution in [2.45, 2.75) is 25.3 Å². The van der Waals surface area contributed by atoms with Crippen LogP contribution in [0.4, 0.5) is 5.69 Å². The average Bonchev–Trinajstić information content (AvgIpc) is 3.38. The van der Waals surface area contributed by atoms with Gasteiger partial charge in [0.2, 0.25) is 0 Å². The second kappa shape index (κ2) is 11.9. The summed E-state index contributed by atoms with van der Waals surface area (Å²) in [5, 5.41) is 11.2. The van der Waals surface area contributed by atoms with E-state index >= 15 is 0 Å². The normalized spacial score (nSPS) is 16.2. The van der Waals surface area contributed by atoms with Crippen molar-refractivity contribution in [2.24, 2.45) is 12.0 Å². The summed E-state index contributed by atoms with van der Waals surface area (Å²) in [6.45, 7) is 2.76. The minimum Gasteiger partial charge on any atom is -0.497 e. The number of nitrogens with zero attached hydrogens (tertiary/aromatic N) is 4. The Balaban J connectivity index is 0.00000320. The minimum absolute atomic E-state index is 0. The van der Waals surface area contributed by atoms with Gasteiger partial charge in [0.1, 0.15) is 11.5 Å². The number of aliphatic imine (C=N–C) groups is 1. The Morgan fingerprint density at radius 1 is 1.23 bits per heavy atom. The molecular weight excluding hydrogens is 495 g/mol. The van der Waals surface area contributed by atoms with Crippen molar-refractivity contribution in [3.05, 3.63) is 36.2 Å². The fourth-order valence-corrected chi connectivity index (χ4v) is 3.58. The molecule has 1 aromatic heterocycles. The Bertz CT molecular complexity index is 803. The van der Waals surface area contributed by atoms with Gasteiger partial charge < -0.3 is 25.0 Å². The Labute approximate surface area is 196 Å². The van der Waals surface area contributed by atoms with Crippen molar-refractivity contribution < 1.29 is 9.47 Å². The third-order valence-corrected chi connectivity index (χ3v) is 5.15. The SMILES string of the molecule is CN=C(NCCCc1cnn(C)c1)NC1CCN(c2cc(OC)cc(OC)c2)C1.I. The van der Waals surface area contributed by atoms with Crippen LogP contribution in [0.1, 0.15) is 18.4 Å². The number of rotatable bonds is 8. The van der Waals surface area contributed by atoms with E-state index in [-0.39, 0.29) is 24.0 Å². The Morgan fingerprint density at radius 2 is 1.97 bits per heavy atom. The lowest BCUT2D eigenvalue weighted by Crippen LogP contribution is -2.44. The number of benzene rings is 1. The van der Waals surface area contributed by atoms with Crippen LogP contribution in [-0.2, 0) is 13.5 Å². The predicted molar refractivity (Wildman–Crippen MR) is 132 cm³/mol. The van der Waals surface area contributed by atoms with Crippen LogP contribution in [0.2, 0.25) is 0 Å². The minimum atomic E-state index is 0. The topological polar surface area (TPSA) is 75.9 Å². The van der Waals surface area contributed by atoms with E-state index in [0.717, 1.165) is 62.0 Å². The fraction of sp³-hybridized carbons (Fsp3) is 0.524. The number of ether oxygens (including phenoxy) is 2. The van der Waals surface area contributed by atoms with Crippen molar-refractivity contribution in [2.75, 3.05) is 45.8 Å². The number of anilines is 1. The highest BCUT2D eigenvalue weighted by Crippen LogP contribution is 2.30. The molecular formula is C21H33IN6O2. The quantitative estimate of drug-likeness (QED) is 0.237. The second-order valence-electron chi connectivity index (χ2n) is 7.27. The first-order valence-corrected chi connectivity index (χ1v) is 10.0. The van der Waals surface area contributed by atoms with Gasteiger partial charge in [0, 0.05) is 69.9 Å². The zero-order valence-corrected chi connectivity index (χ0v) is 20.6. The van der Waals surface area contributed by atoms with E-state index in [1.165, 1.54) is 5.56 Å². The number of aryl methyl sites for hydroxylation is 2. The zero-order chi connectivity index (χ0) is 20.6. The van der Waals surface area contributed by atoms with E-state index in [0.29, 0.717) is 6.04 Å². The summed E-state index contributed by atoms with van der Waals surface area (Å²) in [6.07, 6.45) is 7.08. The second-order valence-corrected chi connectivity index (χ2v) is 7.27. The molecule has 0 aliphatic carbocycles. The molecule has 2 heterocycles. The summed E-state index contributed by atoms with van der Waals surface area (Å²) >= 11 is 0. The Kier molecular flexibility index (Phi) is 9.54. The number of aromatic nitrogens is 2. The van der Waals surface area contributed by atoms with Crippen LogP contribution in [0.15, 0.2) is 35.6 Å². The molecule has 0 radical (unpaired) electrons. The van der Waals surface area contributed by atoms with Gasteiger partial charge in [0.15, 0.2) is 5.96 Å². The van der Waals surface area contributed by atoms with Gasteiger partial charge in [-0.15, -0.1) is 24.0 Å². The van der Waals surface area contributed by atoms with Crippen LogP contribution in [0.25, 0.3) is 0 Å². The maximum atomic E-state index is 5.40. The zero-order valence-electron chi connectivity index (χ0n) is 18.2. The predicted octanol–water partition coefficient (Wildman–Crippen LogP) is 2.43. The molecule has 166 valence electrons. The van der Waals surface area contributed by atoms with Gasteiger partial charge in [-0.2, -0.15) is 5.10 Å². The molecule has 1 unspecified atom stereocenters. The van der Waals surface area contributed by atoms with E-state index in [1.54, 1.807) is 14.2 Å². The molecule has 9 heteroatoms. The van der Waals surface area contributed by atoms with Gasteiger partial charge in [-0.1, -0.05) is 0 Å². The van der Waals surface area contributed by atoms with Crippen LogP contribution in [-0.4, -0.2) is 62.7 Å². The highest BCUT2D eigenvalue weighted by atomic mass is 127. The average molecular weight is 528 g/mol. The lowest BCUT2D eigenvalue weighted by molar-refractivity contribution is 0.394. The van der Waals surface area contributed by atoms with Crippen molar-refractivity contribution >= 4 is 35.6 Å². The van der Waals surface area contributed by atoms with Crippen LogP contribution in [0.5, 0.6) is 11.5 Å². The molecule has 0 amide bonds. The van der Waals surface area contributed by atoms with E-state index < -0.39 is 0 Å². The molecule has 2 aromatic rings. The molecule has 1 aliphatic heterocycles. The largest absolute Gasteiger partial charge is 0.497 e. The van der Waals surface area contributed by atoms with E-state index in [1.807, 2.05) is 31.0 Å². The molecule has 30 heavy (non-hydrogen) atoms. The maximum absolute atomic E-state index is 5.40. The van der Waals surface area contributed by atoms with E-state index in [4.69, 9.17) is 9.47 Å². The summed E-state index contributed by atoms with van der Waals surface area (Å²) in [5.74, 6) is 2.47. The lowest BCUT2D eigenvalue weighted by Gasteiger charge is -2.21. The molecule has 0 spiro atoms. The van der Waals surface area contributed by atoms with Crippen molar-refractivity contribution in [1.82, 2.24) is 20.4 Å². The number of methoxy groups -OCH3 is 2. The Hall–Kier alpha value is -2.17. The fourth-order valence-electron chi connectivity index (χ4n) is 3.58. The van der Waals surface area contributed by atoms with Gasteiger partial charge in [0.05, 0.1) is 20.4 Å². The number of hydrogen-bond acceptors (Lipinski definition) is 5. The molecule has 0 saturated carbocycles. The summed E-state index contributed by atoms with van der Waals surface area (Å²) in [5.41, 5.74) is 2.38. The summed E-state index contributed by atoms with van der Waals surface area (Å²) in [4.78, 5) is 6.72. The number of hydrogen-bond donors (Lipinski definition) is 2. The smallest absolute Gasteiger partial charge is 0.191 e. The molecule has 1 fully saturated rings. The van der Waals surface area contributed by atoms with Crippen LogP contribution < -0.4 is 25.0 Å². The van der Waals surface area contributed by atoms with Crippen LogP contribution in [0.3, 0.4) is 0 Å². The van der Waals surface area contributed by atoms with Crippen molar-refractivity contribution in [3.8, 4) is 11.5 Å². The molecule has 0 bridgehead atoms. The van der Waals surface area contributed by atoms with E-state index in [9.17, 15) is 0 Å². The number of nitrogens with one attached hydrogen (secondary N) is 2. The van der Waals surface area contributed by atoms with Crippen LogP contribution in [0, 0.1) is 0 Å². The van der Waals surface area contributed by atoms with Gasteiger partial charge in [0.25, 0.3) is 0 Å². The van der Waals surface area contributed by atoms with E-state index in [2.05, 4.69) is 44.0 Å².